The lowest BCUT2D eigenvalue weighted by Gasteiger charge is -2.23. The van der Waals surface area contributed by atoms with Crippen molar-refractivity contribution in [3.05, 3.63) is 60.0 Å². The number of fused-ring (bicyclic) bond motifs is 1. The van der Waals surface area contributed by atoms with E-state index in [0.717, 1.165) is 30.5 Å². The average molecular weight is 356 g/mol. The van der Waals surface area contributed by atoms with Gasteiger partial charge in [-0.1, -0.05) is 25.1 Å². The van der Waals surface area contributed by atoms with Crippen LogP contribution in [0.1, 0.15) is 37.2 Å². The number of aryl methyl sites for hydroxylation is 1. The second kappa shape index (κ2) is 6.24. The van der Waals surface area contributed by atoms with Crippen LogP contribution < -0.4 is 0 Å². The molecule has 0 spiro atoms. The van der Waals surface area contributed by atoms with E-state index < -0.39 is 10.0 Å². The van der Waals surface area contributed by atoms with Gasteiger partial charge in [0.25, 0.3) is 0 Å². The normalized spacial score (nSPS) is 18.8. The van der Waals surface area contributed by atoms with Gasteiger partial charge >= 0.3 is 0 Å². The Balaban J connectivity index is 1.73. The molecule has 4 rings (SSSR count). The summed E-state index contributed by atoms with van der Waals surface area (Å²) >= 11 is 0. The Morgan fingerprint density at radius 3 is 2.68 bits per heavy atom. The van der Waals surface area contributed by atoms with Gasteiger partial charge in [0.05, 0.1) is 10.9 Å². The van der Waals surface area contributed by atoms with Gasteiger partial charge in [-0.3, -0.25) is 4.40 Å². The van der Waals surface area contributed by atoms with Crippen LogP contribution in [0.15, 0.2) is 53.6 Å². The number of nitrogens with zero attached hydrogens (tertiary/aromatic N) is 4. The maximum atomic E-state index is 13.1. The second-order valence-electron chi connectivity index (χ2n) is 6.26. The molecule has 0 amide bonds. The molecule has 25 heavy (non-hydrogen) atoms. The number of rotatable bonds is 4. The Kier molecular flexibility index (Phi) is 4.05. The molecule has 0 saturated carbocycles. The molecule has 1 atom stereocenters. The van der Waals surface area contributed by atoms with Crippen LogP contribution in [-0.4, -0.2) is 33.9 Å². The summed E-state index contributed by atoms with van der Waals surface area (Å²) in [7, 11) is -3.56. The third kappa shape index (κ3) is 2.73. The lowest BCUT2D eigenvalue weighted by Crippen LogP contribution is -2.31. The van der Waals surface area contributed by atoms with E-state index in [1.165, 1.54) is 0 Å². The summed E-state index contributed by atoms with van der Waals surface area (Å²) in [6.45, 7) is 2.56. The number of pyridine rings is 1. The SMILES string of the molecule is CCc1ccc(S(=O)(=O)N2CCCC2c2nnc3ccccn23)cc1. The number of aromatic nitrogens is 3. The van der Waals surface area contributed by atoms with E-state index in [1.54, 1.807) is 16.4 Å². The molecule has 130 valence electrons. The van der Waals surface area contributed by atoms with E-state index in [4.69, 9.17) is 0 Å². The molecular weight excluding hydrogens is 336 g/mol. The third-order valence-corrected chi connectivity index (χ3v) is 6.70. The van der Waals surface area contributed by atoms with E-state index in [-0.39, 0.29) is 6.04 Å². The molecule has 3 aromatic rings. The Morgan fingerprint density at radius 2 is 1.92 bits per heavy atom. The van der Waals surface area contributed by atoms with Gasteiger partial charge in [0.15, 0.2) is 11.5 Å². The molecule has 0 bridgehead atoms. The minimum Gasteiger partial charge on any atom is -0.285 e. The van der Waals surface area contributed by atoms with Crippen LogP contribution in [0, 0.1) is 0 Å². The monoisotopic (exact) mass is 356 g/mol. The zero-order valence-corrected chi connectivity index (χ0v) is 14.9. The van der Waals surface area contributed by atoms with Crippen molar-refractivity contribution in [3.8, 4) is 0 Å². The number of sulfonamides is 1. The maximum absolute atomic E-state index is 13.1. The first kappa shape index (κ1) is 16.2. The van der Waals surface area contributed by atoms with Gasteiger partial charge in [-0.2, -0.15) is 4.31 Å². The van der Waals surface area contributed by atoms with Crippen LogP contribution in [0.5, 0.6) is 0 Å². The molecule has 0 N–H and O–H groups in total. The fourth-order valence-electron chi connectivity index (χ4n) is 3.41. The summed E-state index contributed by atoms with van der Waals surface area (Å²) in [5.74, 6) is 0.682. The second-order valence-corrected chi connectivity index (χ2v) is 8.15. The maximum Gasteiger partial charge on any atom is 0.243 e. The zero-order valence-electron chi connectivity index (χ0n) is 14.0. The Bertz CT molecular complexity index is 995. The molecule has 1 saturated heterocycles. The minimum absolute atomic E-state index is 0.284. The molecule has 1 aliphatic heterocycles. The minimum atomic E-state index is -3.56. The van der Waals surface area contributed by atoms with Crippen molar-refractivity contribution in [1.29, 1.82) is 0 Å². The largest absolute Gasteiger partial charge is 0.285 e. The van der Waals surface area contributed by atoms with Crippen molar-refractivity contribution >= 4 is 15.7 Å². The van der Waals surface area contributed by atoms with Gasteiger partial charge in [-0.15, -0.1) is 10.2 Å². The Hall–Kier alpha value is -2.25. The summed E-state index contributed by atoms with van der Waals surface area (Å²) in [5.41, 5.74) is 1.86. The van der Waals surface area contributed by atoms with E-state index in [1.807, 2.05) is 40.9 Å². The number of benzene rings is 1. The average Bonchev–Trinajstić information content (AvgIpc) is 3.28. The van der Waals surface area contributed by atoms with Crippen molar-refractivity contribution in [2.24, 2.45) is 0 Å². The van der Waals surface area contributed by atoms with Crippen LogP contribution >= 0.6 is 0 Å². The molecule has 1 aliphatic rings. The van der Waals surface area contributed by atoms with E-state index in [9.17, 15) is 8.42 Å². The first-order valence-corrected chi connectivity index (χ1v) is 9.95. The molecule has 6 nitrogen and oxygen atoms in total. The topological polar surface area (TPSA) is 67.6 Å². The highest BCUT2D eigenvalue weighted by Crippen LogP contribution is 2.35. The van der Waals surface area contributed by atoms with Crippen molar-refractivity contribution < 1.29 is 8.42 Å². The highest BCUT2D eigenvalue weighted by Gasteiger charge is 2.38. The standard InChI is InChI=1S/C18H20N4O2S/c1-2-14-8-10-15(11-9-14)25(23,24)22-13-5-6-16(22)18-20-19-17-7-3-4-12-21(17)18/h3-4,7-12,16H,2,5-6,13H2,1H3. The van der Waals surface area contributed by atoms with Crippen molar-refractivity contribution in [2.75, 3.05) is 6.54 Å². The van der Waals surface area contributed by atoms with Crippen molar-refractivity contribution in [2.45, 2.75) is 37.1 Å². The summed E-state index contributed by atoms with van der Waals surface area (Å²) in [6, 6.07) is 12.5. The molecular formula is C18H20N4O2S. The molecule has 7 heteroatoms. The van der Waals surface area contributed by atoms with Gasteiger partial charge < -0.3 is 0 Å². The van der Waals surface area contributed by atoms with Crippen molar-refractivity contribution in [3.63, 3.8) is 0 Å². The quantitative estimate of drug-likeness (QED) is 0.721. The summed E-state index contributed by atoms with van der Waals surface area (Å²) in [4.78, 5) is 0.338. The van der Waals surface area contributed by atoms with Crippen LogP contribution in [0.2, 0.25) is 0 Å². The predicted molar refractivity (Wildman–Crippen MR) is 94.7 cm³/mol. The van der Waals surface area contributed by atoms with Gasteiger partial charge in [-0.05, 0) is 49.1 Å². The van der Waals surface area contributed by atoms with E-state index >= 15 is 0 Å². The van der Waals surface area contributed by atoms with Crippen LogP contribution in [-0.2, 0) is 16.4 Å². The third-order valence-electron chi connectivity index (χ3n) is 4.78. The fraction of sp³-hybridized carbons (Fsp3) is 0.333. The molecule has 3 heterocycles. The Labute approximate surface area is 147 Å². The molecule has 1 unspecified atom stereocenters. The first-order valence-electron chi connectivity index (χ1n) is 8.51. The lowest BCUT2D eigenvalue weighted by molar-refractivity contribution is 0.381. The smallest absolute Gasteiger partial charge is 0.243 e. The highest BCUT2D eigenvalue weighted by atomic mass is 32.2. The van der Waals surface area contributed by atoms with Crippen LogP contribution in [0.4, 0.5) is 0 Å². The van der Waals surface area contributed by atoms with Gasteiger partial charge in [-0.25, -0.2) is 8.42 Å². The molecule has 0 aliphatic carbocycles. The van der Waals surface area contributed by atoms with E-state index in [2.05, 4.69) is 17.1 Å². The fourth-order valence-corrected chi connectivity index (χ4v) is 5.06. The summed E-state index contributed by atoms with van der Waals surface area (Å²) in [5, 5.41) is 8.44. The molecule has 0 radical (unpaired) electrons. The predicted octanol–water partition coefficient (Wildman–Crippen LogP) is 2.82. The number of hydrogen-bond acceptors (Lipinski definition) is 4. The molecule has 1 fully saturated rings. The first-order chi connectivity index (χ1) is 12.1. The van der Waals surface area contributed by atoms with Gasteiger partial charge in [0.2, 0.25) is 10.0 Å². The lowest BCUT2D eigenvalue weighted by atomic mass is 10.2. The summed E-state index contributed by atoms with van der Waals surface area (Å²) < 4.78 is 29.7. The Morgan fingerprint density at radius 1 is 1.12 bits per heavy atom. The zero-order chi connectivity index (χ0) is 17.4. The van der Waals surface area contributed by atoms with E-state index in [0.29, 0.717) is 17.3 Å². The van der Waals surface area contributed by atoms with Crippen LogP contribution in [0.25, 0.3) is 5.65 Å². The molecule has 1 aromatic carbocycles. The van der Waals surface area contributed by atoms with Gasteiger partial charge in [0.1, 0.15) is 0 Å². The van der Waals surface area contributed by atoms with Gasteiger partial charge in [0, 0.05) is 12.7 Å². The highest BCUT2D eigenvalue weighted by molar-refractivity contribution is 7.89. The molecule has 2 aromatic heterocycles. The summed E-state index contributed by atoms with van der Waals surface area (Å²) in [6.07, 6.45) is 4.34. The van der Waals surface area contributed by atoms with Crippen molar-refractivity contribution in [1.82, 2.24) is 18.9 Å². The van der Waals surface area contributed by atoms with Crippen LogP contribution in [0.3, 0.4) is 0 Å². The number of hydrogen-bond donors (Lipinski definition) is 0.